The molecule has 0 radical (unpaired) electrons. The minimum Gasteiger partial charge on any atom is -0.497 e. The molecule has 0 atom stereocenters. The largest absolute Gasteiger partial charge is 0.497 e. The molecule has 0 aliphatic rings. The molecule has 1 aromatic heterocycles. The van der Waals surface area contributed by atoms with Crippen molar-refractivity contribution < 1.29 is 9.84 Å². The van der Waals surface area contributed by atoms with Crippen LogP contribution in [0.2, 0.25) is 0 Å². The molecule has 0 amide bonds. The highest BCUT2D eigenvalue weighted by Crippen LogP contribution is 2.22. The number of rotatable bonds is 3. The summed E-state index contributed by atoms with van der Waals surface area (Å²) in [5, 5.41) is 13.8. The fourth-order valence-electron chi connectivity index (χ4n) is 1.89. The molecule has 0 spiro atoms. The van der Waals surface area contributed by atoms with E-state index in [-0.39, 0.29) is 6.61 Å². The number of aryl methyl sites for hydroxylation is 2. The molecule has 17 heavy (non-hydrogen) atoms. The van der Waals surface area contributed by atoms with Crippen molar-refractivity contribution in [2.45, 2.75) is 20.5 Å². The van der Waals surface area contributed by atoms with Crippen molar-refractivity contribution >= 4 is 0 Å². The predicted molar refractivity (Wildman–Crippen MR) is 65.5 cm³/mol. The molecule has 2 aromatic rings. The number of hydrogen-bond acceptors (Lipinski definition) is 3. The SMILES string of the molecule is COc1ccc(-n2nc(C)cc2C)c(CO)c1. The Kier molecular flexibility index (Phi) is 3.15. The lowest BCUT2D eigenvalue weighted by molar-refractivity contribution is 0.280. The summed E-state index contributed by atoms with van der Waals surface area (Å²) in [6.07, 6.45) is 0. The van der Waals surface area contributed by atoms with Gasteiger partial charge in [-0.1, -0.05) is 0 Å². The van der Waals surface area contributed by atoms with Crippen LogP contribution >= 0.6 is 0 Å². The molecule has 1 aromatic carbocycles. The third-order valence-corrected chi connectivity index (χ3v) is 2.69. The van der Waals surface area contributed by atoms with Gasteiger partial charge >= 0.3 is 0 Å². The van der Waals surface area contributed by atoms with Gasteiger partial charge in [-0.2, -0.15) is 5.10 Å². The van der Waals surface area contributed by atoms with Crippen LogP contribution in [-0.4, -0.2) is 22.0 Å². The molecule has 1 heterocycles. The van der Waals surface area contributed by atoms with Gasteiger partial charge in [0.25, 0.3) is 0 Å². The number of nitrogens with zero attached hydrogens (tertiary/aromatic N) is 2. The summed E-state index contributed by atoms with van der Waals surface area (Å²) in [5.74, 6) is 0.735. The molecule has 0 saturated carbocycles. The second kappa shape index (κ2) is 4.59. The fraction of sp³-hybridized carbons (Fsp3) is 0.308. The zero-order chi connectivity index (χ0) is 12.4. The third kappa shape index (κ3) is 2.17. The van der Waals surface area contributed by atoms with Crippen LogP contribution in [-0.2, 0) is 6.61 Å². The van der Waals surface area contributed by atoms with Crippen LogP contribution in [0.25, 0.3) is 5.69 Å². The molecule has 0 aliphatic carbocycles. The zero-order valence-electron chi connectivity index (χ0n) is 10.3. The standard InChI is InChI=1S/C13H16N2O2/c1-9-6-10(2)15(14-9)13-5-4-12(17-3)7-11(13)8-16/h4-7,16H,8H2,1-3H3. The van der Waals surface area contributed by atoms with E-state index < -0.39 is 0 Å². The van der Waals surface area contributed by atoms with Gasteiger partial charge in [0.05, 0.1) is 25.1 Å². The van der Waals surface area contributed by atoms with E-state index in [9.17, 15) is 5.11 Å². The monoisotopic (exact) mass is 232 g/mol. The molecule has 2 rings (SSSR count). The van der Waals surface area contributed by atoms with Crippen LogP contribution in [0.4, 0.5) is 0 Å². The Morgan fingerprint density at radius 1 is 1.29 bits per heavy atom. The summed E-state index contributed by atoms with van der Waals surface area (Å²) in [6.45, 7) is 3.90. The van der Waals surface area contributed by atoms with Gasteiger partial charge in [-0.25, -0.2) is 4.68 Å². The first-order valence-corrected chi connectivity index (χ1v) is 5.47. The number of aliphatic hydroxyl groups is 1. The van der Waals surface area contributed by atoms with Gasteiger partial charge in [0, 0.05) is 11.3 Å². The summed E-state index contributed by atoms with van der Waals surface area (Å²) in [5.41, 5.74) is 3.69. The molecular formula is C13H16N2O2. The number of hydrogen-bond donors (Lipinski definition) is 1. The lowest BCUT2D eigenvalue weighted by Gasteiger charge is -2.11. The second-order valence-corrected chi connectivity index (χ2v) is 3.99. The molecular weight excluding hydrogens is 216 g/mol. The van der Waals surface area contributed by atoms with Gasteiger partial charge in [-0.3, -0.25) is 0 Å². The third-order valence-electron chi connectivity index (χ3n) is 2.69. The van der Waals surface area contributed by atoms with Gasteiger partial charge in [0.15, 0.2) is 0 Å². The molecule has 4 nitrogen and oxygen atoms in total. The maximum Gasteiger partial charge on any atom is 0.119 e. The number of aliphatic hydroxyl groups excluding tert-OH is 1. The van der Waals surface area contributed by atoms with Crippen LogP contribution in [0, 0.1) is 13.8 Å². The minimum absolute atomic E-state index is 0.0368. The van der Waals surface area contributed by atoms with Crippen LogP contribution in [0.5, 0.6) is 5.75 Å². The molecule has 0 unspecified atom stereocenters. The average Bonchev–Trinajstić information content (AvgIpc) is 2.67. The predicted octanol–water partition coefficient (Wildman–Crippen LogP) is 1.99. The highest BCUT2D eigenvalue weighted by molar-refractivity contribution is 5.46. The first-order chi connectivity index (χ1) is 8.15. The Bertz CT molecular complexity index is 532. The Hall–Kier alpha value is -1.81. The number of ether oxygens (including phenoxy) is 1. The van der Waals surface area contributed by atoms with Crippen molar-refractivity contribution in [3.63, 3.8) is 0 Å². The fourth-order valence-corrected chi connectivity index (χ4v) is 1.89. The number of aromatic nitrogens is 2. The van der Waals surface area contributed by atoms with Crippen LogP contribution in [0.1, 0.15) is 17.0 Å². The first-order valence-electron chi connectivity index (χ1n) is 5.47. The van der Waals surface area contributed by atoms with E-state index in [1.165, 1.54) is 0 Å². The molecule has 4 heteroatoms. The second-order valence-electron chi connectivity index (χ2n) is 3.99. The smallest absolute Gasteiger partial charge is 0.119 e. The van der Waals surface area contributed by atoms with E-state index in [2.05, 4.69) is 5.10 Å². The summed E-state index contributed by atoms with van der Waals surface area (Å²) in [6, 6.07) is 7.60. The van der Waals surface area contributed by atoms with Crippen molar-refractivity contribution in [1.82, 2.24) is 9.78 Å². The lowest BCUT2D eigenvalue weighted by atomic mass is 10.1. The van der Waals surface area contributed by atoms with Crippen molar-refractivity contribution in [2.75, 3.05) is 7.11 Å². The topological polar surface area (TPSA) is 47.3 Å². The minimum atomic E-state index is -0.0368. The van der Waals surface area contributed by atoms with Crippen molar-refractivity contribution in [2.24, 2.45) is 0 Å². The highest BCUT2D eigenvalue weighted by atomic mass is 16.5. The molecule has 0 aliphatic heterocycles. The van der Waals surface area contributed by atoms with E-state index in [0.717, 1.165) is 28.4 Å². The van der Waals surface area contributed by atoms with E-state index in [1.807, 2.05) is 42.8 Å². The van der Waals surface area contributed by atoms with Crippen molar-refractivity contribution in [3.8, 4) is 11.4 Å². The lowest BCUT2D eigenvalue weighted by Crippen LogP contribution is -2.04. The summed E-state index contributed by atoms with van der Waals surface area (Å²) >= 11 is 0. The van der Waals surface area contributed by atoms with Crippen molar-refractivity contribution in [3.05, 3.63) is 41.2 Å². The van der Waals surface area contributed by atoms with Crippen molar-refractivity contribution in [1.29, 1.82) is 0 Å². The normalized spacial score (nSPS) is 10.6. The summed E-state index contributed by atoms with van der Waals surface area (Å²) in [4.78, 5) is 0. The van der Waals surface area contributed by atoms with Gasteiger partial charge < -0.3 is 9.84 Å². The Balaban J connectivity index is 2.55. The molecule has 0 fully saturated rings. The maximum absolute atomic E-state index is 9.40. The van der Waals surface area contributed by atoms with E-state index >= 15 is 0 Å². The Morgan fingerprint density at radius 2 is 2.06 bits per heavy atom. The molecule has 90 valence electrons. The van der Waals surface area contributed by atoms with Crippen LogP contribution in [0.3, 0.4) is 0 Å². The van der Waals surface area contributed by atoms with Crippen LogP contribution in [0.15, 0.2) is 24.3 Å². The number of benzene rings is 1. The zero-order valence-corrected chi connectivity index (χ0v) is 10.3. The van der Waals surface area contributed by atoms with Gasteiger partial charge in [0.2, 0.25) is 0 Å². The highest BCUT2D eigenvalue weighted by Gasteiger charge is 2.09. The average molecular weight is 232 g/mol. The molecule has 0 saturated heterocycles. The summed E-state index contributed by atoms with van der Waals surface area (Å²) in [7, 11) is 1.61. The number of methoxy groups -OCH3 is 1. The van der Waals surface area contributed by atoms with Gasteiger partial charge in [0.1, 0.15) is 5.75 Å². The Labute approximate surface area is 100 Å². The van der Waals surface area contributed by atoms with E-state index in [1.54, 1.807) is 7.11 Å². The maximum atomic E-state index is 9.40. The summed E-state index contributed by atoms with van der Waals surface area (Å²) < 4.78 is 6.98. The van der Waals surface area contributed by atoms with E-state index in [4.69, 9.17) is 4.74 Å². The Morgan fingerprint density at radius 3 is 2.59 bits per heavy atom. The first kappa shape index (κ1) is 11.7. The quantitative estimate of drug-likeness (QED) is 0.880. The van der Waals surface area contributed by atoms with E-state index in [0.29, 0.717) is 0 Å². The van der Waals surface area contributed by atoms with Gasteiger partial charge in [-0.05, 0) is 38.1 Å². The van der Waals surface area contributed by atoms with Crippen LogP contribution < -0.4 is 4.74 Å². The molecule has 1 N–H and O–H groups in total. The van der Waals surface area contributed by atoms with Gasteiger partial charge in [-0.15, -0.1) is 0 Å². The molecule has 0 bridgehead atoms.